The number of methoxy groups -OCH3 is 1. The van der Waals surface area contributed by atoms with E-state index >= 15 is 0 Å². The molecule has 0 radical (unpaired) electrons. The van der Waals surface area contributed by atoms with Gasteiger partial charge in [0.15, 0.2) is 5.82 Å². The van der Waals surface area contributed by atoms with E-state index in [1.165, 1.54) is 7.11 Å². The molecule has 0 saturated heterocycles. The van der Waals surface area contributed by atoms with Gasteiger partial charge >= 0.3 is 5.97 Å². The molecule has 1 aliphatic carbocycles. The molecule has 5 heteroatoms. The Kier molecular flexibility index (Phi) is 4.45. The van der Waals surface area contributed by atoms with Crippen molar-refractivity contribution in [1.82, 2.24) is 10.1 Å². The van der Waals surface area contributed by atoms with Crippen molar-refractivity contribution in [3.05, 3.63) is 11.7 Å². The van der Waals surface area contributed by atoms with E-state index in [2.05, 4.69) is 30.9 Å². The number of aromatic nitrogens is 2. The summed E-state index contributed by atoms with van der Waals surface area (Å²) in [7, 11) is 1.41. The quantitative estimate of drug-likeness (QED) is 0.793. The van der Waals surface area contributed by atoms with Crippen LogP contribution in [0, 0.1) is 11.3 Å². The molecule has 0 spiro atoms. The molecule has 5 nitrogen and oxygen atoms in total. The van der Waals surface area contributed by atoms with Crippen molar-refractivity contribution in [3.8, 4) is 0 Å². The van der Waals surface area contributed by atoms with Gasteiger partial charge in [-0.05, 0) is 24.2 Å². The van der Waals surface area contributed by atoms with Gasteiger partial charge in [-0.25, -0.2) is 0 Å². The lowest BCUT2D eigenvalue weighted by molar-refractivity contribution is -0.144. The van der Waals surface area contributed by atoms with Gasteiger partial charge in [-0.1, -0.05) is 38.8 Å². The Morgan fingerprint density at radius 2 is 2.05 bits per heavy atom. The van der Waals surface area contributed by atoms with Crippen molar-refractivity contribution < 1.29 is 14.1 Å². The Labute approximate surface area is 120 Å². The Hall–Kier alpha value is -1.39. The summed E-state index contributed by atoms with van der Waals surface area (Å²) in [6.45, 7) is 6.37. The van der Waals surface area contributed by atoms with Crippen LogP contribution in [-0.2, 0) is 16.0 Å². The van der Waals surface area contributed by atoms with Gasteiger partial charge in [-0.2, -0.15) is 4.98 Å². The third kappa shape index (κ3) is 3.58. The molecule has 1 aliphatic rings. The molecule has 1 aromatic heterocycles. The molecule has 2 rings (SSSR count). The average molecular weight is 280 g/mol. The van der Waals surface area contributed by atoms with Gasteiger partial charge in [0.25, 0.3) is 0 Å². The first-order chi connectivity index (χ1) is 9.40. The summed E-state index contributed by atoms with van der Waals surface area (Å²) in [5, 5.41) is 4.02. The number of carbonyl (C=O) groups excluding carboxylic acids is 1. The average Bonchev–Trinajstić information content (AvgIpc) is 3.00. The Bertz CT molecular complexity index is 456. The zero-order chi connectivity index (χ0) is 14.8. The predicted molar refractivity (Wildman–Crippen MR) is 74.2 cm³/mol. The number of hydrogen-bond donors (Lipinski definition) is 0. The molecule has 0 aromatic carbocycles. The summed E-state index contributed by atoms with van der Waals surface area (Å²) in [5.41, 5.74) is 0.0925. The minimum Gasteiger partial charge on any atom is -0.468 e. The van der Waals surface area contributed by atoms with Crippen molar-refractivity contribution in [1.29, 1.82) is 0 Å². The molecule has 0 amide bonds. The van der Waals surface area contributed by atoms with E-state index < -0.39 is 5.92 Å². The first kappa shape index (κ1) is 15.0. The fourth-order valence-electron chi connectivity index (χ4n) is 2.85. The van der Waals surface area contributed by atoms with Crippen LogP contribution in [-0.4, -0.2) is 23.2 Å². The van der Waals surface area contributed by atoms with E-state index in [9.17, 15) is 4.79 Å². The van der Waals surface area contributed by atoms with Crippen LogP contribution in [0.1, 0.15) is 64.1 Å². The molecule has 1 unspecified atom stereocenters. The summed E-state index contributed by atoms with van der Waals surface area (Å²) in [6.07, 6.45) is 5.09. The maximum Gasteiger partial charge on any atom is 0.318 e. The van der Waals surface area contributed by atoms with Gasteiger partial charge in [0.2, 0.25) is 5.89 Å². The highest BCUT2D eigenvalue weighted by Crippen LogP contribution is 2.37. The summed E-state index contributed by atoms with van der Waals surface area (Å²) >= 11 is 0. The van der Waals surface area contributed by atoms with E-state index in [0.29, 0.717) is 11.7 Å². The number of nitrogens with zero attached hydrogens (tertiary/aromatic N) is 2. The van der Waals surface area contributed by atoms with Gasteiger partial charge in [0.1, 0.15) is 5.92 Å². The van der Waals surface area contributed by atoms with Crippen LogP contribution < -0.4 is 0 Å². The summed E-state index contributed by atoms with van der Waals surface area (Å²) in [5.74, 6) is 0.694. The van der Waals surface area contributed by atoms with Gasteiger partial charge in [0.05, 0.1) is 7.11 Å². The van der Waals surface area contributed by atoms with Crippen LogP contribution in [0.5, 0.6) is 0 Å². The second-order valence-electron chi connectivity index (χ2n) is 6.83. The van der Waals surface area contributed by atoms with Crippen LogP contribution in [0.2, 0.25) is 0 Å². The van der Waals surface area contributed by atoms with Crippen LogP contribution in [0.25, 0.3) is 0 Å². The molecule has 1 fully saturated rings. The maximum atomic E-state index is 12.0. The second-order valence-corrected chi connectivity index (χ2v) is 6.83. The van der Waals surface area contributed by atoms with E-state index in [1.54, 1.807) is 0 Å². The predicted octanol–water partition coefficient (Wildman–Crippen LogP) is 3.11. The highest BCUT2D eigenvalue weighted by Gasteiger charge is 2.37. The van der Waals surface area contributed by atoms with Crippen molar-refractivity contribution in [3.63, 3.8) is 0 Å². The highest BCUT2D eigenvalue weighted by molar-refractivity contribution is 5.77. The normalized spacial score (nSPS) is 18.2. The lowest BCUT2D eigenvalue weighted by atomic mass is 9.90. The fraction of sp³-hybridized carbons (Fsp3) is 0.800. The van der Waals surface area contributed by atoms with Crippen molar-refractivity contribution in [2.24, 2.45) is 11.3 Å². The van der Waals surface area contributed by atoms with Gasteiger partial charge in [-0.3, -0.25) is 4.79 Å². The van der Waals surface area contributed by atoms with Crippen molar-refractivity contribution >= 4 is 5.97 Å². The molecular formula is C15H24N2O3. The van der Waals surface area contributed by atoms with E-state index in [1.807, 2.05) is 0 Å². The van der Waals surface area contributed by atoms with Gasteiger partial charge in [0, 0.05) is 6.42 Å². The fourth-order valence-corrected chi connectivity index (χ4v) is 2.85. The standard InChI is InChI=1S/C15H24N2O3/c1-15(2,3)9-11-16-13(20-17-11)12(14(18)19-4)10-7-5-6-8-10/h10,12H,5-9H2,1-4H3. The Morgan fingerprint density at radius 1 is 1.40 bits per heavy atom. The molecule has 0 bridgehead atoms. The molecule has 1 aromatic rings. The molecule has 1 saturated carbocycles. The minimum absolute atomic E-state index is 0.0925. The summed E-state index contributed by atoms with van der Waals surface area (Å²) in [4.78, 5) is 16.5. The Morgan fingerprint density at radius 3 is 2.60 bits per heavy atom. The highest BCUT2D eigenvalue weighted by atomic mass is 16.5. The molecule has 0 aliphatic heterocycles. The Balaban J connectivity index is 2.18. The largest absolute Gasteiger partial charge is 0.468 e. The van der Waals surface area contributed by atoms with Crippen LogP contribution >= 0.6 is 0 Å². The third-order valence-corrected chi connectivity index (χ3v) is 3.76. The molecule has 1 atom stereocenters. The first-order valence-corrected chi connectivity index (χ1v) is 7.31. The SMILES string of the molecule is COC(=O)C(c1nc(CC(C)(C)C)no1)C1CCCC1. The zero-order valence-corrected chi connectivity index (χ0v) is 12.8. The number of carbonyl (C=O) groups is 1. The molecule has 1 heterocycles. The van der Waals surface area contributed by atoms with Crippen molar-refractivity contribution in [2.45, 2.75) is 58.8 Å². The topological polar surface area (TPSA) is 65.2 Å². The lowest BCUT2D eigenvalue weighted by Crippen LogP contribution is -2.22. The summed E-state index contributed by atoms with van der Waals surface area (Å²) in [6, 6.07) is 0. The van der Waals surface area contributed by atoms with Crippen LogP contribution in [0.4, 0.5) is 0 Å². The van der Waals surface area contributed by atoms with E-state index in [0.717, 1.165) is 32.1 Å². The number of ether oxygens (including phenoxy) is 1. The molecule has 112 valence electrons. The summed E-state index contributed by atoms with van der Waals surface area (Å²) < 4.78 is 10.3. The number of esters is 1. The van der Waals surface area contributed by atoms with Gasteiger partial charge in [-0.15, -0.1) is 0 Å². The minimum atomic E-state index is -0.399. The smallest absolute Gasteiger partial charge is 0.318 e. The molecule has 20 heavy (non-hydrogen) atoms. The first-order valence-electron chi connectivity index (χ1n) is 7.31. The van der Waals surface area contributed by atoms with Crippen molar-refractivity contribution in [2.75, 3.05) is 7.11 Å². The van der Waals surface area contributed by atoms with Crippen LogP contribution in [0.3, 0.4) is 0 Å². The van der Waals surface area contributed by atoms with E-state index in [4.69, 9.17) is 9.26 Å². The monoisotopic (exact) mass is 280 g/mol. The second kappa shape index (κ2) is 5.94. The van der Waals surface area contributed by atoms with Crippen LogP contribution in [0.15, 0.2) is 4.52 Å². The molecule has 0 N–H and O–H groups in total. The number of hydrogen-bond acceptors (Lipinski definition) is 5. The van der Waals surface area contributed by atoms with E-state index in [-0.39, 0.29) is 17.3 Å². The zero-order valence-electron chi connectivity index (χ0n) is 12.8. The third-order valence-electron chi connectivity index (χ3n) is 3.76. The number of rotatable bonds is 4. The maximum absolute atomic E-state index is 12.0. The van der Waals surface area contributed by atoms with Gasteiger partial charge < -0.3 is 9.26 Å². The lowest BCUT2D eigenvalue weighted by Gasteiger charge is -2.17. The molecular weight excluding hydrogens is 256 g/mol.